The van der Waals surface area contributed by atoms with Gasteiger partial charge in [-0.25, -0.2) is 17.7 Å². The van der Waals surface area contributed by atoms with E-state index in [1.165, 1.54) is 21.9 Å². The lowest BCUT2D eigenvalue weighted by Gasteiger charge is -2.55. The summed E-state index contributed by atoms with van der Waals surface area (Å²) in [5.74, 6) is -0.264. The molecule has 10 heteroatoms. The smallest absolute Gasteiger partial charge is 0.243 e. The van der Waals surface area contributed by atoms with Gasteiger partial charge < -0.3 is 10.2 Å². The average molecular weight is 427 g/mol. The predicted molar refractivity (Wildman–Crippen MR) is 105 cm³/mol. The lowest BCUT2D eigenvalue weighted by molar-refractivity contribution is -0.158. The minimum absolute atomic E-state index is 0.0170. The Hall–Kier alpha value is -1.52. The monoisotopic (exact) mass is 426 g/mol. The van der Waals surface area contributed by atoms with Crippen LogP contribution in [-0.2, 0) is 26.2 Å². The van der Waals surface area contributed by atoms with Crippen LogP contribution in [0.25, 0.3) is 0 Å². The maximum absolute atomic E-state index is 13.1. The van der Waals surface area contributed by atoms with E-state index < -0.39 is 16.1 Å². The molecule has 4 atom stereocenters. The number of nitrogens with one attached hydrogen (secondary N) is 1. The minimum Gasteiger partial charge on any atom is -0.349 e. The molecular formula is C18H26N4O4S2. The molecule has 0 radical (unpaired) electrons. The van der Waals surface area contributed by atoms with Crippen LogP contribution in [0, 0.1) is 18.8 Å². The van der Waals surface area contributed by atoms with Gasteiger partial charge in [0.1, 0.15) is 6.04 Å². The first kappa shape index (κ1) is 19.8. The van der Waals surface area contributed by atoms with Crippen molar-refractivity contribution in [3.05, 3.63) is 16.1 Å². The van der Waals surface area contributed by atoms with Crippen LogP contribution in [-0.4, -0.2) is 65.9 Å². The second kappa shape index (κ2) is 7.38. The van der Waals surface area contributed by atoms with E-state index in [2.05, 4.69) is 10.3 Å². The summed E-state index contributed by atoms with van der Waals surface area (Å²) in [6.07, 6.45) is 4.09. The van der Waals surface area contributed by atoms with Crippen molar-refractivity contribution in [2.75, 3.05) is 19.3 Å². The first-order chi connectivity index (χ1) is 13.2. The molecule has 4 rings (SSSR count). The van der Waals surface area contributed by atoms with Crippen molar-refractivity contribution in [2.24, 2.45) is 11.8 Å². The number of thiazole rings is 1. The first-order valence-corrected chi connectivity index (χ1v) is 12.4. The van der Waals surface area contributed by atoms with Crippen LogP contribution in [0.1, 0.15) is 36.4 Å². The Morgan fingerprint density at radius 3 is 2.79 bits per heavy atom. The highest BCUT2D eigenvalue weighted by Gasteiger charge is 2.52. The van der Waals surface area contributed by atoms with Crippen LogP contribution in [0.2, 0.25) is 0 Å². The molecule has 2 bridgehead atoms. The highest BCUT2D eigenvalue weighted by molar-refractivity contribution is 7.88. The van der Waals surface area contributed by atoms with E-state index >= 15 is 0 Å². The molecule has 3 aliphatic rings. The summed E-state index contributed by atoms with van der Waals surface area (Å²) in [5.41, 5.74) is 0.799. The summed E-state index contributed by atoms with van der Waals surface area (Å²) in [6.45, 7) is 2.96. The fourth-order valence-corrected chi connectivity index (χ4v) is 6.53. The number of nitrogens with zero attached hydrogens (tertiary/aromatic N) is 3. The van der Waals surface area contributed by atoms with Gasteiger partial charge in [0.2, 0.25) is 21.8 Å². The Balaban J connectivity index is 1.58. The maximum Gasteiger partial charge on any atom is 0.243 e. The van der Waals surface area contributed by atoms with Gasteiger partial charge in [0.15, 0.2) is 0 Å². The molecule has 0 aromatic carbocycles. The quantitative estimate of drug-likeness (QED) is 0.765. The van der Waals surface area contributed by atoms with E-state index in [1.807, 2.05) is 12.3 Å². The van der Waals surface area contributed by atoms with Crippen LogP contribution in [0.4, 0.5) is 0 Å². The third kappa shape index (κ3) is 3.69. The molecule has 4 heterocycles. The molecule has 3 saturated heterocycles. The molecule has 0 aliphatic carbocycles. The summed E-state index contributed by atoms with van der Waals surface area (Å²) < 4.78 is 25.8. The number of piperidine rings is 3. The lowest BCUT2D eigenvalue weighted by Crippen LogP contribution is -2.68. The Bertz CT molecular complexity index is 884. The third-order valence-corrected chi connectivity index (χ3v) is 8.21. The van der Waals surface area contributed by atoms with E-state index in [-0.39, 0.29) is 29.7 Å². The van der Waals surface area contributed by atoms with Gasteiger partial charge >= 0.3 is 0 Å². The molecule has 8 nitrogen and oxygen atoms in total. The fraction of sp³-hybridized carbons (Fsp3) is 0.722. The normalized spacial score (nSPS) is 30.8. The predicted octanol–water partition coefficient (Wildman–Crippen LogP) is 0.729. The second-order valence-electron chi connectivity index (χ2n) is 8.12. The van der Waals surface area contributed by atoms with Gasteiger partial charge in [0, 0.05) is 36.9 Å². The average Bonchev–Trinajstić information content (AvgIpc) is 3.05. The molecule has 1 aromatic rings. The number of rotatable bonds is 4. The molecule has 2 amide bonds. The number of hydrogen-bond donors (Lipinski definition) is 1. The maximum atomic E-state index is 13.1. The summed E-state index contributed by atoms with van der Waals surface area (Å²) in [4.78, 5) is 32.0. The van der Waals surface area contributed by atoms with Crippen molar-refractivity contribution in [1.29, 1.82) is 0 Å². The third-order valence-electron chi connectivity index (χ3n) is 6.16. The number of hydrogen-bond acceptors (Lipinski definition) is 6. The van der Waals surface area contributed by atoms with Crippen molar-refractivity contribution >= 4 is 33.2 Å². The van der Waals surface area contributed by atoms with Crippen molar-refractivity contribution in [3.8, 4) is 0 Å². The zero-order valence-electron chi connectivity index (χ0n) is 16.1. The van der Waals surface area contributed by atoms with Gasteiger partial charge in [-0.15, -0.1) is 11.3 Å². The standard InChI is InChI=1S/C18H26N4O4S2/c1-11-20-14(10-27-11)7-19-18(24)17-13-6-12(8-21(9-13)28(2,25)26)15-4-3-5-16(23)22(15)17/h10,12-13,15,17H,3-9H2,1-2H3,(H,19,24)/t12-,13+,15-,17+/m0/s1. The first-order valence-electron chi connectivity index (χ1n) is 9.69. The molecule has 0 saturated carbocycles. The van der Waals surface area contributed by atoms with Crippen LogP contribution in [0.15, 0.2) is 5.38 Å². The zero-order valence-corrected chi connectivity index (χ0v) is 17.8. The Morgan fingerprint density at radius 2 is 2.11 bits per heavy atom. The van der Waals surface area contributed by atoms with Gasteiger partial charge in [0.25, 0.3) is 0 Å². The van der Waals surface area contributed by atoms with E-state index in [4.69, 9.17) is 0 Å². The van der Waals surface area contributed by atoms with Crippen LogP contribution in [0.3, 0.4) is 0 Å². The van der Waals surface area contributed by atoms with Crippen LogP contribution >= 0.6 is 11.3 Å². The second-order valence-corrected chi connectivity index (χ2v) is 11.2. The molecule has 0 spiro atoms. The summed E-state index contributed by atoms with van der Waals surface area (Å²) in [6, 6.07) is -0.669. The van der Waals surface area contributed by atoms with Crippen molar-refractivity contribution in [2.45, 2.75) is 51.2 Å². The van der Waals surface area contributed by atoms with Gasteiger partial charge in [0.05, 0.1) is 23.5 Å². The highest BCUT2D eigenvalue weighted by atomic mass is 32.2. The summed E-state index contributed by atoms with van der Waals surface area (Å²) in [7, 11) is -3.33. The Kier molecular flexibility index (Phi) is 5.22. The number of sulfonamides is 1. The van der Waals surface area contributed by atoms with Crippen molar-refractivity contribution < 1.29 is 18.0 Å². The number of carbonyl (C=O) groups excluding carboxylic acids is 2. The van der Waals surface area contributed by atoms with E-state index in [0.29, 0.717) is 26.1 Å². The van der Waals surface area contributed by atoms with E-state index in [1.54, 1.807) is 4.90 Å². The molecule has 0 unspecified atom stereocenters. The number of carbonyl (C=O) groups is 2. The number of fused-ring (bicyclic) bond motifs is 4. The minimum atomic E-state index is -3.33. The SMILES string of the molecule is Cc1nc(CNC(=O)[C@H]2[C@@H]3C[C@@H](CN(S(C)(=O)=O)C3)[C@@H]3CCCC(=O)N32)cs1. The largest absolute Gasteiger partial charge is 0.349 e. The number of amides is 2. The van der Waals surface area contributed by atoms with Crippen LogP contribution in [0.5, 0.6) is 0 Å². The molecule has 154 valence electrons. The molecular weight excluding hydrogens is 400 g/mol. The highest BCUT2D eigenvalue weighted by Crippen LogP contribution is 2.42. The summed E-state index contributed by atoms with van der Waals surface area (Å²) in [5, 5.41) is 5.78. The zero-order chi connectivity index (χ0) is 20.1. The molecule has 3 aliphatic heterocycles. The van der Waals surface area contributed by atoms with Gasteiger partial charge in [-0.05, 0) is 32.1 Å². The number of aryl methyl sites for hydroxylation is 1. The Labute approximate surface area is 169 Å². The van der Waals surface area contributed by atoms with E-state index in [0.717, 1.165) is 30.0 Å². The molecule has 1 aromatic heterocycles. The summed E-state index contributed by atoms with van der Waals surface area (Å²) >= 11 is 1.53. The lowest BCUT2D eigenvalue weighted by atomic mass is 9.72. The molecule has 28 heavy (non-hydrogen) atoms. The van der Waals surface area contributed by atoms with Gasteiger partial charge in [-0.1, -0.05) is 0 Å². The van der Waals surface area contributed by atoms with Crippen molar-refractivity contribution in [3.63, 3.8) is 0 Å². The molecule has 3 fully saturated rings. The topological polar surface area (TPSA) is 99.7 Å². The van der Waals surface area contributed by atoms with Gasteiger partial charge in [-0.2, -0.15) is 0 Å². The fourth-order valence-electron chi connectivity index (χ4n) is 4.99. The van der Waals surface area contributed by atoms with Gasteiger partial charge in [-0.3, -0.25) is 9.59 Å². The Morgan fingerprint density at radius 1 is 1.36 bits per heavy atom. The van der Waals surface area contributed by atoms with Crippen LogP contribution < -0.4 is 5.32 Å². The van der Waals surface area contributed by atoms with E-state index in [9.17, 15) is 18.0 Å². The molecule has 1 N–H and O–H groups in total. The van der Waals surface area contributed by atoms with Crippen molar-refractivity contribution in [1.82, 2.24) is 19.5 Å². The number of aromatic nitrogens is 1.